The molecule has 1 aliphatic heterocycles. The van der Waals surface area contributed by atoms with Gasteiger partial charge < -0.3 is 19.2 Å². The van der Waals surface area contributed by atoms with E-state index in [1.807, 2.05) is 36.1 Å². The molecule has 0 aliphatic carbocycles. The molecule has 0 fully saturated rings. The molecule has 24 heavy (non-hydrogen) atoms. The van der Waals surface area contributed by atoms with E-state index in [-0.39, 0.29) is 11.7 Å². The molecule has 3 aromatic rings. The van der Waals surface area contributed by atoms with Gasteiger partial charge in [0, 0.05) is 5.56 Å². The van der Waals surface area contributed by atoms with Crippen LogP contribution in [0.4, 0.5) is 6.01 Å². The van der Waals surface area contributed by atoms with Crippen LogP contribution in [0.2, 0.25) is 0 Å². The lowest BCUT2D eigenvalue weighted by atomic mass is 10.1. The third-order valence-electron chi connectivity index (χ3n) is 4.03. The average Bonchev–Trinajstić information content (AvgIpc) is 2.91. The zero-order valence-corrected chi connectivity index (χ0v) is 13.1. The fourth-order valence-electron chi connectivity index (χ4n) is 2.90. The summed E-state index contributed by atoms with van der Waals surface area (Å²) < 4.78 is 11.8. The Bertz CT molecular complexity index is 885. The molecule has 1 atom stereocenters. The number of anilines is 1. The van der Waals surface area contributed by atoms with E-state index < -0.39 is 5.97 Å². The lowest BCUT2D eigenvalue weighted by Gasteiger charge is -2.19. The number of rotatable bonds is 2. The van der Waals surface area contributed by atoms with Crippen LogP contribution in [-0.4, -0.2) is 28.7 Å². The molecule has 1 aromatic heterocycles. The van der Waals surface area contributed by atoms with E-state index in [1.54, 1.807) is 18.2 Å². The highest BCUT2D eigenvalue weighted by atomic mass is 16.5. The van der Waals surface area contributed by atoms with E-state index in [0.717, 1.165) is 16.7 Å². The molecule has 1 N–H and O–H groups in total. The fraction of sp³-hybridized carbons (Fsp3) is 0.222. The van der Waals surface area contributed by atoms with Gasteiger partial charge in [-0.2, -0.15) is 4.98 Å². The Hall–Kier alpha value is -3.02. The van der Waals surface area contributed by atoms with Crippen molar-refractivity contribution in [3.05, 3.63) is 53.6 Å². The summed E-state index contributed by atoms with van der Waals surface area (Å²) in [4.78, 5) is 17.7. The van der Waals surface area contributed by atoms with E-state index in [2.05, 4.69) is 4.98 Å². The van der Waals surface area contributed by atoms with Crippen molar-refractivity contribution in [2.45, 2.75) is 19.6 Å². The predicted octanol–water partition coefficient (Wildman–Crippen LogP) is 3.31. The first kappa shape index (κ1) is 14.6. The van der Waals surface area contributed by atoms with Gasteiger partial charge in [0.15, 0.2) is 5.58 Å². The van der Waals surface area contributed by atoms with Gasteiger partial charge in [0.25, 0.3) is 6.01 Å². The minimum atomic E-state index is -0.964. The standard InChI is InChI=1S/C18H16N2O4/c1-11-9-20(18-19-14-4-2-3-5-15(14)24-18)10-13-7-6-12(17(21)22)8-16(13)23-11/h2-8,11H,9-10H2,1H3,(H,21,22). The van der Waals surface area contributed by atoms with Crippen molar-refractivity contribution in [2.24, 2.45) is 0 Å². The van der Waals surface area contributed by atoms with Gasteiger partial charge in [-0.3, -0.25) is 0 Å². The first-order valence-electron chi connectivity index (χ1n) is 7.73. The first-order chi connectivity index (χ1) is 11.6. The van der Waals surface area contributed by atoms with Crippen LogP contribution in [0.15, 0.2) is 46.9 Å². The van der Waals surface area contributed by atoms with Gasteiger partial charge >= 0.3 is 5.97 Å². The monoisotopic (exact) mass is 324 g/mol. The van der Waals surface area contributed by atoms with Crippen LogP contribution in [0.3, 0.4) is 0 Å². The maximum atomic E-state index is 11.1. The number of hydrogen-bond donors (Lipinski definition) is 1. The number of hydrogen-bond acceptors (Lipinski definition) is 5. The van der Waals surface area contributed by atoms with Gasteiger partial charge in [-0.05, 0) is 31.2 Å². The minimum absolute atomic E-state index is 0.120. The van der Waals surface area contributed by atoms with Crippen molar-refractivity contribution in [3.8, 4) is 5.75 Å². The number of benzene rings is 2. The van der Waals surface area contributed by atoms with Crippen LogP contribution in [-0.2, 0) is 6.54 Å². The van der Waals surface area contributed by atoms with Crippen LogP contribution >= 0.6 is 0 Å². The summed E-state index contributed by atoms with van der Waals surface area (Å²) >= 11 is 0. The largest absolute Gasteiger partial charge is 0.488 e. The first-order valence-corrected chi connectivity index (χ1v) is 7.73. The molecule has 6 nitrogen and oxygen atoms in total. The number of carboxylic acid groups (broad SMARTS) is 1. The van der Waals surface area contributed by atoms with Crippen LogP contribution in [0, 0.1) is 0 Å². The van der Waals surface area contributed by atoms with Gasteiger partial charge in [0.05, 0.1) is 18.7 Å². The molecule has 0 saturated heterocycles. The zero-order valence-electron chi connectivity index (χ0n) is 13.1. The van der Waals surface area contributed by atoms with Gasteiger partial charge in [0.1, 0.15) is 17.4 Å². The lowest BCUT2D eigenvalue weighted by molar-refractivity contribution is 0.0696. The van der Waals surface area contributed by atoms with E-state index in [4.69, 9.17) is 14.3 Å². The summed E-state index contributed by atoms with van der Waals surface area (Å²) in [7, 11) is 0. The number of fused-ring (bicyclic) bond motifs is 2. The quantitative estimate of drug-likeness (QED) is 0.779. The maximum Gasteiger partial charge on any atom is 0.335 e. The van der Waals surface area contributed by atoms with Crippen LogP contribution in [0.5, 0.6) is 5.75 Å². The Morgan fingerprint density at radius 2 is 2.12 bits per heavy atom. The SMILES string of the molecule is CC1CN(c2nc3ccccc3o2)Cc2ccc(C(=O)O)cc2O1. The molecule has 6 heteroatoms. The number of ether oxygens (including phenoxy) is 1. The summed E-state index contributed by atoms with van der Waals surface area (Å²) in [5, 5.41) is 9.14. The minimum Gasteiger partial charge on any atom is -0.488 e. The van der Waals surface area contributed by atoms with Crippen LogP contribution in [0.1, 0.15) is 22.8 Å². The van der Waals surface area contributed by atoms with Crippen molar-refractivity contribution < 1.29 is 19.1 Å². The molecule has 0 spiro atoms. The lowest BCUT2D eigenvalue weighted by Crippen LogP contribution is -2.31. The number of aromatic nitrogens is 1. The second kappa shape index (κ2) is 5.56. The van der Waals surface area contributed by atoms with E-state index in [1.165, 1.54) is 0 Å². The van der Waals surface area contributed by atoms with Crippen molar-refractivity contribution in [1.29, 1.82) is 0 Å². The highest BCUT2D eigenvalue weighted by Crippen LogP contribution is 2.30. The molecular formula is C18H16N2O4. The Morgan fingerprint density at radius 1 is 1.29 bits per heavy atom. The normalized spacial score (nSPS) is 17.2. The molecule has 122 valence electrons. The Morgan fingerprint density at radius 3 is 2.92 bits per heavy atom. The number of oxazole rings is 1. The topological polar surface area (TPSA) is 75.8 Å². The second-order valence-corrected chi connectivity index (χ2v) is 5.90. The maximum absolute atomic E-state index is 11.1. The average molecular weight is 324 g/mol. The second-order valence-electron chi connectivity index (χ2n) is 5.90. The molecule has 0 bridgehead atoms. The molecule has 2 heterocycles. The highest BCUT2D eigenvalue weighted by molar-refractivity contribution is 5.88. The van der Waals surface area contributed by atoms with Crippen LogP contribution in [0.25, 0.3) is 11.1 Å². The van der Waals surface area contributed by atoms with Gasteiger partial charge in [-0.1, -0.05) is 18.2 Å². The molecule has 1 aliphatic rings. The molecule has 2 aromatic carbocycles. The van der Waals surface area contributed by atoms with E-state index >= 15 is 0 Å². The van der Waals surface area contributed by atoms with Gasteiger partial charge in [0.2, 0.25) is 0 Å². The highest BCUT2D eigenvalue weighted by Gasteiger charge is 2.24. The summed E-state index contributed by atoms with van der Waals surface area (Å²) in [6, 6.07) is 13.1. The third-order valence-corrected chi connectivity index (χ3v) is 4.03. The van der Waals surface area contributed by atoms with E-state index in [0.29, 0.717) is 24.9 Å². The number of para-hydroxylation sites is 2. The number of carboxylic acids is 1. The van der Waals surface area contributed by atoms with Crippen molar-refractivity contribution in [2.75, 3.05) is 11.4 Å². The summed E-state index contributed by atoms with van der Waals surface area (Å²) in [5.74, 6) is -0.366. The fourth-order valence-corrected chi connectivity index (χ4v) is 2.90. The summed E-state index contributed by atoms with van der Waals surface area (Å²) in [6.45, 7) is 3.09. The van der Waals surface area contributed by atoms with Crippen molar-refractivity contribution >= 4 is 23.1 Å². The Labute approximate surface area is 138 Å². The molecular weight excluding hydrogens is 308 g/mol. The van der Waals surface area contributed by atoms with Crippen LogP contribution < -0.4 is 9.64 Å². The zero-order chi connectivity index (χ0) is 16.7. The summed E-state index contributed by atoms with van der Waals surface area (Å²) in [6.07, 6.45) is -0.120. The molecule has 0 amide bonds. The number of carbonyl (C=O) groups is 1. The molecule has 0 saturated carbocycles. The van der Waals surface area contributed by atoms with E-state index in [9.17, 15) is 4.79 Å². The van der Waals surface area contributed by atoms with Crippen molar-refractivity contribution in [1.82, 2.24) is 4.98 Å². The number of nitrogens with zero attached hydrogens (tertiary/aromatic N) is 2. The molecule has 4 rings (SSSR count). The Balaban J connectivity index is 1.71. The van der Waals surface area contributed by atoms with Crippen molar-refractivity contribution in [3.63, 3.8) is 0 Å². The Kier molecular flexibility index (Phi) is 3.37. The molecule has 0 radical (unpaired) electrons. The third kappa shape index (κ3) is 2.56. The molecule has 1 unspecified atom stereocenters. The predicted molar refractivity (Wildman–Crippen MR) is 88.6 cm³/mol. The smallest absolute Gasteiger partial charge is 0.335 e. The number of aromatic carboxylic acids is 1. The van der Waals surface area contributed by atoms with Gasteiger partial charge in [-0.25, -0.2) is 4.79 Å². The summed E-state index contributed by atoms with van der Waals surface area (Å²) in [5.41, 5.74) is 2.68. The van der Waals surface area contributed by atoms with Gasteiger partial charge in [-0.15, -0.1) is 0 Å².